The molecule has 1 heterocycles. The van der Waals surface area contributed by atoms with Crippen LogP contribution in [-0.2, 0) is 6.54 Å². The smallest absolute Gasteiger partial charge is 0.271 e. The number of amides is 1. The fraction of sp³-hybridized carbons (Fsp3) is 0.111. The molecule has 8 nitrogen and oxygen atoms in total. The van der Waals surface area contributed by atoms with Gasteiger partial charge in [-0.25, -0.2) is 0 Å². The van der Waals surface area contributed by atoms with Crippen LogP contribution in [0.25, 0.3) is 10.9 Å². The number of pyridine rings is 1. The zero-order valence-electron chi connectivity index (χ0n) is 13.8. The number of H-pyrrole nitrogens is 1. The number of rotatable bonds is 4. The van der Waals surface area contributed by atoms with Crippen molar-refractivity contribution < 1.29 is 14.8 Å². The summed E-state index contributed by atoms with van der Waals surface area (Å²) < 4.78 is 0. The Bertz CT molecular complexity index is 1090. The lowest BCUT2D eigenvalue weighted by Crippen LogP contribution is -2.29. The van der Waals surface area contributed by atoms with Crippen molar-refractivity contribution in [2.45, 2.75) is 13.5 Å². The first-order chi connectivity index (χ1) is 12.4. The Hall–Kier alpha value is -3.68. The predicted molar refractivity (Wildman–Crippen MR) is 95.2 cm³/mol. The summed E-state index contributed by atoms with van der Waals surface area (Å²) in [5.74, 6) is -1.24. The van der Waals surface area contributed by atoms with Gasteiger partial charge in [0.1, 0.15) is 11.3 Å². The van der Waals surface area contributed by atoms with E-state index in [-0.39, 0.29) is 23.1 Å². The first kappa shape index (κ1) is 17.2. The fourth-order valence-electron chi connectivity index (χ4n) is 2.69. The van der Waals surface area contributed by atoms with Crippen LogP contribution in [0.5, 0.6) is 5.75 Å². The number of nitro groups is 1. The Balaban J connectivity index is 1.94. The summed E-state index contributed by atoms with van der Waals surface area (Å²) in [6, 6.07) is 11.1. The lowest BCUT2D eigenvalue weighted by molar-refractivity contribution is -0.384. The van der Waals surface area contributed by atoms with Gasteiger partial charge in [-0.05, 0) is 18.6 Å². The largest absolute Gasteiger partial charge is 0.506 e. The summed E-state index contributed by atoms with van der Waals surface area (Å²) in [6.07, 6.45) is 0. The molecule has 1 amide bonds. The third-order valence-electron chi connectivity index (χ3n) is 3.94. The van der Waals surface area contributed by atoms with Crippen LogP contribution in [0.2, 0.25) is 0 Å². The topological polar surface area (TPSA) is 125 Å². The second kappa shape index (κ2) is 6.67. The summed E-state index contributed by atoms with van der Waals surface area (Å²) in [7, 11) is 0. The average Bonchev–Trinajstić information content (AvgIpc) is 2.59. The van der Waals surface area contributed by atoms with Crippen LogP contribution in [0.15, 0.2) is 47.3 Å². The molecule has 3 aromatic rings. The highest BCUT2D eigenvalue weighted by Crippen LogP contribution is 2.27. The fourth-order valence-corrected chi connectivity index (χ4v) is 2.69. The normalized spacial score (nSPS) is 10.7. The first-order valence-corrected chi connectivity index (χ1v) is 7.74. The number of fused-ring (bicyclic) bond motifs is 1. The first-order valence-electron chi connectivity index (χ1n) is 7.74. The van der Waals surface area contributed by atoms with Crippen LogP contribution < -0.4 is 10.9 Å². The Morgan fingerprint density at radius 1 is 1.27 bits per heavy atom. The molecule has 0 aliphatic rings. The third kappa shape index (κ3) is 3.25. The number of carbonyl (C=O) groups is 1. The number of non-ortho nitro benzene ring substituents is 1. The molecule has 0 bridgehead atoms. The standard InChI is InChI=1S/C18H15N3O5/c1-10-3-2-4-11(7-10)9-19-17(23)15-16(22)13-6-5-12(21(25)26)8-14(13)20-18(15)24/h2-8H,9H2,1H3,(H,19,23)(H2,20,22,24). The highest BCUT2D eigenvalue weighted by atomic mass is 16.6. The molecule has 1 aromatic heterocycles. The van der Waals surface area contributed by atoms with Crippen molar-refractivity contribution in [3.8, 4) is 5.75 Å². The molecular formula is C18H15N3O5. The van der Waals surface area contributed by atoms with Crippen molar-refractivity contribution in [3.05, 3.63) is 79.6 Å². The monoisotopic (exact) mass is 353 g/mol. The van der Waals surface area contributed by atoms with Gasteiger partial charge in [-0.15, -0.1) is 0 Å². The maximum Gasteiger partial charge on any atom is 0.271 e. The maximum absolute atomic E-state index is 12.4. The molecule has 3 rings (SSSR count). The molecule has 26 heavy (non-hydrogen) atoms. The lowest BCUT2D eigenvalue weighted by atomic mass is 10.1. The van der Waals surface area contributed by atoms with E-state index < -0.39 is 27.7 Å². The number of aromatic nitrogens is 1. The van der Waals surface area contributed by atoms with E-state index in [0.29, 0.717) is 0 Å². The number of aromatic hydroxyl groups is 1. The number of aryl methyl sites for hydroxylation is 1. The summed E-state index contributed by atoms with van der Waals surface area (Å²) in [5.41, 5.74) is 0.479. The van der Waals surface area contributed by atoms with E-state index in [1.165, 1.54) is 12.1 Å². The van der Waals surface area contributed by atoms with Gasteiger partial charge in [-0.1, -0.05) is 29.8 Å². The van der Waals surface area contributed by atoms with Gasteiger partial charge in [0.2, 0.25) is 0 Å². The predicted octanol–water partition coefficient (Wildman–Crippen LogP) is 2.38. The van der Waals surface area contributed by atoms with Crippen LogP contribution >= 0.6 is 0 Å². The van der Waals surface area contributed by atoms with Crippen LogP contribution in [-0.4, -0.2) is 20.9 Å². The van der Waals surface area contributed by atoms with Crippen molar-refractivity contribution >= 4 is 22.5 Å². The minimum atomic E-state index is -0.822. The minimum absolute atomic E-state index is 0.0805. The Morgan fingerprint density at radius 2 is 2.04 bits per heavy atom. The van der Waals surface area contributed by atoms with Crippen LogP contribution in [0, 0.1) is 17.0 Å². The van der Waals surface area contributed by atoms with Gasteiger partial charge in [0.25, 0.3) is 17.2 Å². The second-order valence-electron chi connectivity index (χ2n) is 5.84. The quantitative estimate of drug-likeness (QED) is 0.490. The molecule has 0 saturated heterocycles. The van der Waals surface area contributed by atoms with E-state index in [0.717, 1.165) is 17.2 Å². The van der Waals surface area contributed by atoms with E-state index in [1.54, 1.807) is 0 Å². The highest BCUT2D eigenvalue weighted by molar-refractivity contribution is 6.02. The van der Waals surface area contributed by atoms with E-state index >= 15 is 0 Å². The third-order valence-corrected chi connectivity index (χ3v) is 3.94. The van der Waals surface area contributed by atoms with Gasteiger partial charge in [-0.3, -0.25) is 19.7 Å². The number of hydrogen-bond donors (Lipinski definition) is 3. The Labute approximate surface area is 147 Å². The molecule has 0 aliphatic heterocycles. The Kier molecular flexibility index (Phi) is 4.40. The number of hydrogen-bond acceptors (Lipinski definition) is 5. The molecule has 0 saturated carbocycles. The van der Waals surface area contributed by atoms with Crippen LogP contribution in [0.3, 0.4) is 0 Å². The molecule has 3 N–H and O–H groups in total. The van der Waals surface area contributed by atoms with Crippen LogP contribution in [0.1, 0.15) is 21.5 Å². The van der Waals surface area contributed by atoms with Gasteiger partial charge < -0.3 is 15.4 Å². The summed E-state index contributed by atoms with van der Waals surface area (Å²) in [6.45, 7) is 2.11. The molecule has 0 atom stereocenters. The van der Waals surface area contributed by atoms with E-state index in [4.69, 9.17) is 0 Å². The van der Waals surface area contributed by atoms with Gasteiger partial charge in [0.05, 0.1) is 10.4 Å². The van der Waals surface area contributed by atoms with Crippen molar-refractivity contribution in [1.29, 1.82) is 0 Å². The molecular weight excluding hydrogens is 338 g/mol. The molecule has 8 heteroatoms. The van der Waals surface area contributed by atoms with E-state index in [1.807, 2.05) is 31.2 Å². The molecule has 0 aliphatic carbocycles. The number of nitrogens with zero attached hydrogens (tertiary/aromatic N) is 1. The molecule has 0 unspecified atom stereocenters. The van der Waals surface area contributed by atoms with Gasteiger partial charge in [0.15, 0.2) is 0 Å². The number of nitrogens with one attached hydrogen (secondary N) is 2. The lowest BCUT2D eigenvalue weighted by Gasteiger charge is -2.09. The van der Waals surface area contributed by atoms with Gasteiger partial charge in [0, 0.05) is 24.1 Å². The number of carbonyl (C=O) groups excluding carboxylic acids is 1. The van der Waals surface area contributed by atoms with Crippen LogP contribution in [0.4, 0.5) is 5.69 Å². The van der Waals surface area contributed by atoms with Gasteiger partial charge in [-0.2, -0.15) is 0 Å². The molecule has 2 aromatic carbocycles. The van der Waals surface area contributed by atoms with E-state index in [9.17, 15) is 24.8 Å². The van der Waals surface area contributed by atoms with Crippen molar-refractivity contribution in [1.82, 2.24) is 10.3 Å². The molecule has 0 spiro atoms. The summed E-state index contributed by atoms with van der Waals surface area (Å²) in [5, 5.41) is 23.9. The second-order valence-corrected chi connectivity index (χ2v) is 5.84. The molecule has 0 radical (unpaired) electrons. The molecule has 132 valence electrons. The summed E-state index contributed by atoms with van der Waals surface area (Å²) >= 11 is 0. The SMILES string of the molecule is Cc1cccc(CNC(=O)c2c(O)c3ccc([N+](=O)[O-])cc3[nH]c2=O)c1. The average molecular weight is 353 g/mol. The minimum Gasteiger partial charge on any atom is -0.506 e. The van der Waals surface area contributed by atoms with Crippen molar-refractivity contribution in [2.75, 3.05) is 0 Å². The number of benzene rings is 2. The zero-order valence-corrected chi connectivity index (χ0v) is 13.8. The molecule has 0 fully saturated rings. The maximum atomic E-state index is 12.4. The van der Waals surface area contributed by atoms with Gasteiger partial charge >= 0.3 is 0 Å². The van der Waals surface area contributed by atoms with Crippen molar-refractivity contribution in [2.24, 2.45) is 0 Å². The highest BCUT2D eigenvalue weighted by Gasteiger charge is 2.20. The number of nitro benzene ring substituents is 1. The number of aromatic amines is 1. The summed E-state index contributed by atoms with van der Waals surface area (Å²) in [4.78, 5) is 37.2. The van der Waals surface area contributed by atoms with Crippen molar-refractivity contribution in [3.63, 3.8) is 0 Å². The zero-order chi connectivity index (χ0) is 18.8. The van der Waals surface area contributed by atoms with E-state index in [2.05, 4.69) is 10.3 Å². The Morgan fingerprint density at radius 3 is 2.73 bits per heavy atom.